The fraction of sp³-hybridized carbons (Fsp3) is 0.538. The van der Waals surface area contributed by atoms with Gasteiger partial charge in [0.25, 0.3) is 6.43 Å². The molecule has 0 aliphatic heterocycles. The van der Waals surface area contributed by atoms with Crippen LogP contribution >= 0.6 is 15.9 Å². The lowest BCUT2D eigenvalue weighted by atomic mass is 10.1. The molecule has 1 rings (SSSR count). The van der Waals surface area contributed by atoms with Crippen molar-refractivity contribution in [3.8, 4) is 5.75 Å². The van der Waals surface area contributed by atoms with Crippen LogP contribution in [0.1, 0.15) is 26.3 Å². The van der Waals surface area contributed by atoms with E-state index >= 15 is 0 Å². The van der Waals surface area contributed by atoms with E-state index in [9.17, 15) is 8.78 Å². The smallest absolute Gasteiger partial charge is 0.272 e. The topological polar surface area (TPSA) is 21.3 Å². The zero-order valence-electron chi connectivity index (χ0n) is 10.8. The molecule has 0 heterocycles. The molecule has 0 bridgehead atoms. The van der Waals surface area contributed by atoms with Crippen LogP contribution < -0.4 is 10.1 Å². The van der Waals surface area contributed by atoms with Crippen molar-refractivity contribution in [2.24, 2.45) is 0 Å². The Kier molecular flexibility index (Phi) is 5.53. The minimum absolute atomic E-state index is 0.0394. The van der Waals surface area contributed by atoms with E-state index in [0.717, 1.165) is 10.0 Å². The van der Waals surface area contributed by atoms with Crippen LogP contribution in [0.4, 0.5) is 8.78 Å². The Hall–Kier alpha value is -0.680. The highest BCUT2D eigenvalue weighted by atomic mass is 79.9. The quantitative estimate of drug-likeness (QED) is 0.885. The highest BCUT2D eigenvalue weighted by molar-refractivity contribution is 9.10. The van der Waals surface area contributed by atoms with Crippen LogP contribution in [0, 0.1) is 0 Å². The molecule has 5 heteroatoms. The molecular formula is C13H18BrF2NO. The van der Waals surface area contributed by atoms with E-state index < -0.39 is 13.0 Å². The van der Waals surface area contributed by atoms with Crippen molar-refractivity contribution in [2.75, 3.05) is 6.61 Å². The number of benzene rings is 1. The lowest BCUT2D eigenvalue weighted by Crippen LogP contribution is -2.35. The number of hydrogen-bond donors (Lipinski definition) is 1. The van der Waals surface area contributed by atoms with Crippen LogP contribution in [0.15, 0.2) is 22.7 Å². The Balaban J connectivity index is 2.76. The number of halogens is 3. The van der Waals surface area contributed by atoms with E-state index in [1.54, 1.807) is 12.1 Å². The first kappa shape index (κ1) is 15.4. The third kappa shape index (κ3) is 5.78. The minimum Gasteiger partial charge on any atom is -0.487 e. The molecule has 0 atom stereocenters. The lowest BCUT2D eigenvalue weighted by Gasteiger charge is -2.21. The summed E-state index contributed by atoms with van der Waals surface area (Å²) in [7, 11) is 0. The molecule has 0 saturated heterocycles. The number of ether oxygens (including phenoxy) is 1. The van der Waals surface area contributed by atoms with Crippen molar-refractivity contribution in [2.45, 2.75) is 39.3 Å². The number of nitrogens with one attached hydrogen (secondary N) is 1. The molecule has 0 radical (unpaired) electrons. The van der Waals surface area contributed by atoms with Gasteiger partial charge in [0, 0.05) is 22.1 Å². The van der Waals surface area contributed by atoms with E-state index in [2.05, 4.69) is 21.2 Å². The lowest BCUT2D eigenvalue weighted by molar-refractivity contribution is 0.0813. The molecule has 1 N–H and O–H groups in total. The molecule has 0 amide bonds. The molecule has 2 nitrogen and oxygen atoms in total. The summed E-state index contributed by atoms with van der Waals surface area (Å²) in [6.07, 6.45) is -2.46. The van der Waals surface area contributed by atoms with Crippen molar-refractivity contribution < 1.29 is 13.5 Å². The van der Waals surface area contributed by atoms with Gasteiger partial charge in [-0.15, -0.1) is 0 Å². The second-order valence-corrected chi connectivity index (χ2v) is 5.97. The standard InChI is InChI=1S/C13H18BrF2NO/c1-13(2,3)17-7-9-6-10(14)4-5-11(9)18-8-12(15)16/h4-6,12,17H,7-8H2,1-3H3. The van der Waals surface area contributed by atoms with Gasteiger partial charge in [0.2, 0.25) is 0 Å². The molecule has 0 aliphatic carbocycles. The summed E-state index contributed by atoms with van der Waals surface area (Å²) in [6, 6.07) is 5.35. The van der Waals surface area contributed by atoms with Crippen molar-refractivity contribution in [1.29, 1.82) is 0 Å². The van der Waals surface area contributed by atoms with Crippen LogP contribution in [-0.4, -0.2) is 18.6 Å². The summed E-state index contributed by atoms with van der Waals surface area (Å²) in [5.74, 6) is 0.496. The van der Waals surface area contributed by atoms with Crippen LogP contribution in [-0.2, 0) is 6.54 Å². The van der Waals surface area contributed by atoms with Crippen molar-refractivity contribution in [3.63, 3.8) is 0 Å². The fourth-order valence-electron chi connectivity index (χ4n) is 1.34. The molecule has 0 fully saturated rings. The van der Waals surface area contributed by atoms with Gasteiger partial charge in [-0.1, -0.05) is 15.9 Å². The van der Waals surface area contributed by atoms with Crippen LogP contribution in [0.25, 0.3) is 0 Å². The molecule has 1 aromatic carbocycles. The second-order valence-electron chi connectivity index (χ2n) is 5.06. The van der Waals surface area contributed by atoms with Gasteiger partial charge in [-0.3, -0.25) is 0 Å². The van der Waals surface area contributed by atoms with Gasteiger partial charge in [-0.25, -0.2) is 8.78 Å². The normalized spacial score (nSPS) is 11.9. The van der Waals surface area contributed by atoms with Crippen LogP contribution in [0.3, 0.4) is 0 Å². The van der Waals surface area contributed by atoms with Gasteiger partial charge >= 0.3 is 0 Å². The zero-order chi connectivity index (χ0) is 13.8. The first-order valence-electron chi connectivity index (χ1n) is 5.72. The number of alkyl halides is 2. The largest absolute Gasteiger partial charge is 0.487 e. The summed E-state index contributed by atoms with van der Waals surface area (Å²) < 4.78 is 30.3. The fourth-order valence-corrected chi connectivity index (χ4v) is 1.75. The second kappa shape index (κ2) is 6.48. The summed E-state index contributed by atoms with van der Waals surface area (Å²) in [6.45, 7) is 6.13. The predicted octanol–water partition coefficient (Wildman–Crippen LogP) is 3.98. The third-order valence-electron chi connectivity index (χ3n) is 2.20. The summed E-state index contributed by atoms with van der Waals surface area (Å²) >= 11 is 3.37. The highest BCUT2D eigenvalue weighted by Gasteiger charge is 2.12. The van der Waals surface area contributed by atoms with Gasteiger partial charge in [0.15, 0.2) is 0 Å². The minimum atomic E-state index is -2.46. The van der Waals surface area contributed by atoms with E-state index in [0.29, 0.717) is 12.3 Å². The predicted molar refractivity (Wildman–Crippen MR) is 72.2 cm³/mol. The summed E-state index contributed by atoms with van der Waals surface area (Å²) in [4.78, 5) is 0. The number of hydrogen-bond acceptors (Lipinski definition) is 2. The maximum atomic E-state index is 12.2. The van der Waals surface area contributed by atoms with Crippen molar-refractivity contribution >= 4 is 15.9 Å². The molecule has 0 aliphatic rings. The van der Waals surface area contributed by atoms with Gasteiger partial charge in [0.05, 0.1) is 0 Å². The Morgan fingerprint density at radius 3 is 2.56 bits per heavy atom. The van der Waals surface area contributed by atoms with Crippen LogP contribution in [0.2, 0.25) is 0 Å². The maximum absolute atomic E-state index is 12.2. The van der Waals surface area contributed by atoms with E-state index in [-0.39, 0.29) is 5.54 Å². The van der Waals surface area contributed by atoms with Crippen molar-refractivity contribution in [1.82, 2.24) is 5.32 Å². The van der Waals surface area contributed by atoms with E-state index in [1.807, 2.05) is 26.8 Å². The Labute approximate surface area is 115 Å². The van der Waals surface area contributed by atoms with Gasteiger partial charge < -0.3 is 10.1 Å². The van der Waals surface area contributed by atoms with E-state index in [1.165, 1.54) is 0 Å². The molecule has 102 valence electrons. The molecule has 1 aromatic rings. The Morgan fingerprint density at radius 2 is 2.00 bits per heavy atom. The molecule has 0 unspecified atom stereocenters. The Bertz CT molecular complexity index is 391. The number of rotatable bonds is 5. The zero-order valence-corrected chi connectivity index (χ0v) is 12.4. The molecular weight excluding hydrogens is 304 g/mol. The highest BCUT2D eigenvalue weighted by Crippen LogP contribution is 2.24. The monoisotopic (exact) mass is 321 g/mol. The van der Waals surface area contributed by atoms with Crippen LogP contribution in [0.5, 0.6) is 5.75 Å². The average molecular weight is 322 g/mol. The maximum Gasteiger partial charge on any atom is 0.272 e. The van der Waals surface area contributed by atoms with E-state index in [4.69, 9.17) is 4.74 Å². The van der Waals surface area contributed by atoms with Crippen molar-refractivity contribution in [3.05, 3.63) is 28.2 Å². The third-order valence-corrected chi connectivity index (χ3v) is 2.69. The molecule has 0 aromatic heterocycles. The summed E-state index contributed by atoms with van der Waals surface area (Å²) in [5.41, 5.74) is 0.822. The van der Waals surface area contributed by atoms with Gasteiger partial charge in [0.1, 0.15) is 12.4 Å². The Morgan fingerprint density at radius 1 is 1.33 bits per heavy atom. The molecule has 0 spiro atoms. The molecule has 0 saturated carbocycles. The molecule has 18 heavy (non-hydrogen) atoms. The SMILES string of the molecule is CC(C)(C)NCc1cc(Br)ccc1OCC(F)F. The summed E-state index contributed by atoms with van der Waals surface area (Å²) in [5, 5.41) is 3.31. The average Bonchev–Trinajstić information content (AvgIpc) is 2.23. The van der Waals surface area contributed by atoms with Gasteiger partial charge in [-0.05, 0) is 39.0 Å². The first-order chi connectivity index (χ1) is 8.28. The van der Waals surface area contributed by atoms with Gasteiger partial charge in [-0.2, -0.15) is 0 Å². The first-order valence-corrected chi connectivity index (χ1v) is 6.51.